The van der Waals surface area contributed by atoms with Crippen LogP contribution in [0.3, 0.4) is 0 Å². The molecule has 4 rings (SSSR count). The van der Waals surface area contributed by atoms with Gasteiger partial charge in [0.25, 0.3) is 11.8 Å². The van der Waals surface area contributed by atoms with Crippen LogP contribution in [0.15, 0.2) is 18.3 Å². The average Bonchev–Trinajstić information content (AvgIpc) is 3.04. The lowest BCUT2D eigenvalue weighted by atomic mass is 9.79. The molecule has 0 bridgehead atoms. The second-order valence-corrected chi connectivity index (χ2v) is 9.00. The summed E-state index contributed by atoms with van der Waals surface area (Å²) >= 11 is 1.73. The van der Waals surface area contributed by atoms with Gasteiger partial charge in [0.1, 0.15) is 6.10 Å². The molecule has 6 nitrogen and oxygen atoms in total. The Morgan fingerprint density at radius 1 is 1.30 bits per heavy atom. The summed E-state index contributed by atoms with van der Waals surface area (Å²) in [5, 5.41) is 7.12. The van der Waals surface area contributed by atoms with Crippen LogP contribution in [0.2, 0.25) is 0 Å². The molecule has 1 aromatic rings. The molecule has 3 fully saturated rings. The minimum Gasteiger partial charge on any atom is -0.475 e. The largest absolute Gasteiger partial charge is 0.490 e. The van der Waals surface area contributed by atoms with E-state index in [1.807, 2.05) is 0 Å². The van der Waals surface area contributed by atoms with Gasteiger partial charge in [-0.05, 0) is 31.4 Å². The second kappa shape index (κ2) is 8.20. The molecule has 2 aliphatic heterocycles. The molecule has 1 spiro atoms. The highest BCUT2D eigenvalue weighted by Gasteiger charge is 2.56. The molecule has 1 atom stereocenters. The van der Waals surface area contributed by atoms with Crippen molar-refractivity contribution < 1.29 is 41.4 Å². The highest BCUT2D eigenvalue weighted by molar-refractivity contribution is 8.01. The Morgan fingerprint density at radius 2 is 1.93 bits per heavy atom. The third-order valence-corrected chi connectivity index (χ3v) is 6.77. The molecule has 166 valence electrons. The molecule has 3 aliphatic rings. The molecule has 1 aromatic heterocycles. The fourth-order valence-corrected chi connectivity index (χ4v) is 5.02. The maximum atomic E-state index is 14.2. The molecule has 0 aromatic carbocycles. The molecule has 1 saturated carbocycles. The summed E-state index contributed by atoms with van der Waals surface area (Å²) in [6.07, 6.45) is -1.47. The van der Waals surface area contributed by atoms with Crippen LogP contribution < -0.4 is 4.74 Å². The Balaban J connectivity index is 0.000000318. The van der Waals surface area contributed by atoms with Crippen molar-refractivity contribution in [1.29, 1.82) is 0 Å². The smallest absolute Gasteiger partial charge is 0.475 e. The normalized spacial score (nSPS) is 23.6. The minimum absolute atomic E-state index is 0.0274. The molecule has 1 amide bonds. The number of alkyl halides is 4. The van der Waals surface area contributed by atoms with Gasteiger partial charge in [0.2, 0.25) is 0 Å². The monoisotopic (exact) mass is 454 g/mol. The summed E-state index contributed by atoms with van der Waals surface area (Å²) in [4.78, 5) is 26.6. The Hall–Kier alpha value is -2.11. The van der Waals surface area contributed by atoms with Crippen molar-refractivity contribution in [2.24, 2.45) is 0 Å². The standard InChI is InChI=1S/C16H18F2N2O2S.C2HF3O2/c17-12-3-1-6-19-13(12)22-11-7-15(23-8-11)9-20(10-15)14(21)16(18)4-2-5-16;3-2(4,5)1(6)7/h1,3,6,11H,2,4-5,7-10H2;(H,6,7). The number of aromatic nitrogens is 1. The van der Waals surface area contributed by atoms with E-state index in [2.05, 4.69) is 4.98 Å². The van der Waals surface area contributed by atoms with Gasteiger partial charge in [-0.1, -0.05) is 0 Å². The third kappa shape index (κ3) is 4.79. The molecule has 1 unspecified atom stereocenters. The molecule has 1 aliphatic carbocycles. The molecule has 30 heavy (non-hydrogen) atoms. The van der Waals surface area contributed by atoms with Crippen LogP contribution in [0.1, 0.15) is 25.7 Å². The molecular weight excluding hydrogens is 435 g/mol. The van der Waals surface area contributed by atoms with Gasteiger partial charge in [-0.2, -0.15) is 13.2 Å². The summed E-state index contributed by atoms with van der Waals surface area (Å²) in [6.45, 7) is 1.12. The number of halogens is 5. The number of carbonyl (C=O) groups is 2. The van der Waals surface area contributed by atoms with E-state index < -0.39 is 23.6 Å². The van der Waals surface area contributed by atoms with Gasteiger partial charge in [-0.15, -0.1) is 11.8 Å². The van der Waals surface area contributed by atoms with Gasteiger partial charge in [0, 0.05) is 31.5 Å². The zero-order chi connectivity index (χ0) is 22.2. The van der Waals surface area contributed by atoms with Crippen molar-refractivity contribution in [2.75, 3.05) is 18.8 Å². The van der Waals surface area contributed by atoms with Gasteiger partial charge in [0.05, 0.1) is 4.75 Å². The van der Waals surface area contributed by atoms with Crippen LogP contribution in [0.4, 0.5) is 22.0 Å². The molecular formula is C18H19F5N2O4S. The number of carboxylic acid groups (broad SMARTS) is 1. The van der Waals surface area contributed by atoms with E-state index in [0.29, 0.717) is 25.9 Å². The number of carbonyl (C=O) groups excluding carboxylic acids is 1. The number of ether oxygens (including phenoxy) is 1. The van der Waals surface area contributed by atoms with Crippen molar-refractivity contribution in [2.45, 2.75) is 48.4 Å². The summed E-state index contributed by atoms with van der Waals surface area (Å²) in [6, 6.07) is 2.85. The molecule has 0 radical (unpaired) electrons. The van der Waals surface area contributed by atoms with E-state index in [1.54, 1.807) is 16.7 Å². The predicted molar refractivity (Wildman–Crippen MR) is 96.4 cm³/mol. The molecule has 1 N–H and O–H groups in total. The van der Waals surface area contributed by atoms with Gasteiger partial charge >= 0.3 is 12.1 Å². The van der Waals surface area contributed by atoms with Crippen LogP contribution in [-0.2, 0) is 9.59 Å². The average molecular weight is 454 g/mol. The van der Waals surface area contributed by atoms with Gasteiger partial charge in [-0.3, -0.25) is 4.79 Å². The first kappa shape index (κ1) is 22.6. The number of amides is 1. The van der Waals surface area contributed by atoms with E-state index in [0.717, 1.165) is 18.6 Å². The van der Waals surface area contributed by atoms with Crippen LogP contribution in [-0.4, -0.2) is 68.4 Å². The first-order valence-corrected chi connectivity index (χ1v) is 10.1. The Morgan fingerprint density at radius 3 is 2.43 bits per heavy atom. The van der Waals surface area contributed by atoms with Crippen LogP contribution >= 0.6 is 11.8 Å². The van der Waals surface area contributed by atoms with Gasteiger partial charge < -0.3 is 14.7 Å². The van der Waals surface area contributed by atoms with E-state index in [1.165, 1.54) is 18.3 Å². The highest BCUT2D eigenvalue weighted by atomic mass is 32.2. The van der Waals surface area contributed by atoms with E-state index in [4.69, 9.17) is 14.6 Å². The Kier molecular flexibility index (Phi) is 6.17. The maximum absolute atomic E-state index is 14.2. The van der Waals surface area contributed by atoms with E-state index in [-0.39, 0.29) is 22.6 Å². The number of hydrogen-bond donors (Lipinski definition) is 1. The minimum atomic E-state index is -5.08. The maximum Gasteiger partial charge on any atom is 0.490 e. The van der Waals surface area contributed by atoms with E-state index >= 15 is 0 Å². The molecule has 2 saturated heterocycles. The first-order chi connectivity index (χ1) is 13.9. The van der Waals surface area contributed by atoms with Crippen LogP contribution in [0, 0.1) is 5.82 Å². The number of aliphatic carboxylic acids is 1. The summed E-state index contributed by atoms with van der Waals surface area (Å²) in [5.74, 6) is -2.81. The lowest BCUT2D eigenvalue weighted by molar-refractivity contribution is -0.192. The summed E-state index contributed by atoms with van der Waals surface area (Å²) in [7, 11) is 0. The lowest BCUT2D eigenvalue weighted by Crippen LogP contribution is -2.65. The number of nitrogens with zero attached hydrogens (tertiary/aromatic N) is 2. The van der Waals surface area contributed by atoms with Crippen molar-refractivity contribution in [1.82, 2.24) is 9.88 Å². The van der Waals surface area contributed by atoms with Crippen molar-refractivity contribution >= 4 is 23.6 Å². The Bertz CT molecular complexity index is 812. The Labute approximate surface area is 172 Å². The van der Waals surface area contributed by atoms with E-state index in [9.17, 15) is 26.7 Å². The fraction of sp³-hybridized carbons (Fsp3) is 0.611. The predicted octanol–water partition coefficient (Wildman–Crippen LogP) is 3.21. The van der Waals surface area contributed by atoms with Crippen LogP contribution in [0.25, 0.3) is 0 Å². The number of carboxylic acids is 1. The molecule has 3 heterocycles. The van der Waals surface area contributed by atoms with Gasteiger partial charge in [0.15, 0.2) is 11.5 Å². The zero-order valence-electron chi connectivity index (χ0n) is 15.6. The third-order valence-electron chi connectivity index (χ3n) is 5.20. The summed E-state index contributed by atoms with van der Waals surface area (Å²) in [5.41, 5.74) is -1.61. The van der Waals surface area contributed by atoms with Crippen molar-refractivity contribution in [3.63, 3.8) is 0 Å². The number of likely N-dealkylation sites (tertiary alicyclic amines) is 1. The van der Waals surface area contributed by atoms with Crippen molar-refractivity contribution in [3.8, 4) is 5.88 Å². The summed E-state index contributed by atoms with van der Waals surface area (Å²) < 4.78 is 65.1. The van der Waals surface area contributed by atoms with Crippen molar-refractivity contribution in [3.05, 3.63) is 24.1 Å². The lowest BCUT2D eigenvalue weighted by Gasteiger charge is -2.50. The fourth-order valence-electron chi connectivity index (χ4n) is 3.49. The quantitative estimate of drug-likeness (QED) is 0.707. The number of rotatable bonds is 3. The zero-order valence-corrected chi connectivity index (χ0v) is 16.4. The SMILES string of the molecule is O=C(N1CC2(CC(Oc3ncccc3F)CS2)C1)C1(F)CCC1.O=C(O)C(F)(F)F. The second-order valence-electron chi connectivity index (χ2n) is 7.51. The number of hydrogen-bond acceptors (Lipinski definition) is 5. The molecule has 12 heteroatoms. The first-order valence-electron chi connectivity index (χ1n) is 9.14. The number of thioether (sulfide) groups is 1. The number of pyridine rings is 1. The van der Waals surface area contributed by atoms with Crippen LogP contribution in [0.5, 0.6) is 5.88 Å². The van der Waals surface area contributed by atoms with Gasteiger partial charge in [-0.25, -0.2) is 18.6 Å². The topological polar surface area (TPSA) is 79.7 Å². The highest BCUT2D eigenvalue weighted by Crippen LogP contribution is 2.48.